The van der Waals surface area contributed by atoms with E-state index in [1.807, 2.05) is 37.3 Å². The number of thiazole rings is 1. The first-order valence-electron chi connectivity index (χ1n) is 6.75. The Morgan fingerprint density at radius 3 is 2.77 bits per heavy atom. The van der Waals surface area contributed by atoms with Gasteiger partial charge in [-0.05, 0) is 26.0 Å². The molecule has 0 aliphatic carbocycles. The van der Waals surface area contributed by atoms with Gasteiger partial charge in [-0.25, -0.2) is 9.78 Å². The lowest BCUT2D eigenvalue weighted by molar-refractivity contribution is -0.115. The summed E-state index contributed by atoms with van der Waals surface area (Å²) in [6.45, 7) is 3.85. The first-order chi connectivity index (χ1) is 10.6. The molecule has 2 aromatic rings. The van der Waals surface area contributed by atoms with Crippen molar-refractivity contribution in [1.82, 2.24) is 4.98 Å². The van der Waals surface area contributed by atoms with Gasteiger partial charge in [0, 0.05) is 10.3 Å². The van der Waals surface area contributed by atoms with Gasteiger partial charge in [-0.15, -0.1) is 23.1 Å². The number of carbonyl (C=O) groups is 2. The molecule has 0 spiro atoms. The van der Waals surface area contributed by atoms with Gasteiger partial charge in [0.25, 0.3) is 0 Å². The van der Waals surface area contributed by atoms with Crippen molar-refractivity contribution >= 4 is 40.1 Å². The van der Waals surface area contributed by atoms with Gasteiger partial charge in [-0.3, -0.25) is 4.79 Å². The second-order valence-electron chi connectivity index (χ2n) is 4.32. The van der Waals surface area contributed by atoms with Crippen LogP contribution in [0.25, 0.3) is 0 Å². The van der Waals surface area contributed by atoms with E-state index in [1.54, 1.807) is 12.3 Å². The van der Waals surface area contributed by atoms with Crippen LogP contribution in [-0.2, 0) is 9.53 Å². The van der Waals surface area contributed by atoms with Crippen LogP contribution in [0.4, 0.5) is 5.13 Å². The monoisotopic (exact) mass is 336 g/mol. The summed E-state index contributed by atoms with van der Waals surface area (Å²) in [5.74, 6) is -0.635. The number of nitrogens with zero attached hydrogens (tertiary/aromatic N) is 1. The Labute approximate surface area is 137 Å². The largest absolute Gasteiger partial charge is 0.461 e. The van der Waals surface area contributed by atoms with Gasteiger partial charge in [0.15, 0.2) is 10.8 Å². The number of thioether (sulfide) groups is 1. The minimum Gasteiger partial charge on any atom is -0.461 e. The fourth-order valence-electron chi connectivity index (χ4n) is 1.59. The molecule has 1 heterocycles. The van der Waals surface area contributed by atoms with Crippen LogP contribution in [0.1, 0.15) is 24.3 Å². The van der Waals surface area contributed by atoms with E-state index >= 15 is 0 Å². The Hall–Kier alpha value is -1.86. The molecule has 116 valence electrons. The molecule has 1 unspecified atom stereocenters. The molecular weight excluding hydrogens is 320 g/mol. The number of rotatable bonds is 6. The molecule has 22 heavy (non-hydrogen) atoms. The second kappa shape index (κ2) is 7.95. The quantitative estimate of drug-likeness (QED) is 0.646. The van der Waals surface area contributed by atoms with Gasteiger partial charge >= 0.3 is 5.97 Å². The Morgan fingerprint density at radius 2 is 2.09 bits per heavy atom. The van der Waals surface area contributed by atoms with E-state index in [9.17, 15) is 9.59 Å². The lowest BCUT2D eigenvalue weighted by Crippen LogP contribution is -2.22. The molecule has 0 saturated carbocycles. The molecule has 1 N–H and O–H groups in total. The molecule has 0 fully saturated rings. The average Bonchev–Trinajstić information content (AvgIpc) is 2.97. The molecule has 1 amide bonds. The van der Waals surface area contributed by atoms with Gasteiger partial charge in [0.1, 0.15) is 0 Å². The summed E-state index contributed by atoms with van der Waals surface area (Å²) in [4.78, 5) is 28.7. The summed E-state index contributed by atoms with van der Waals surface area (Å²) in [6.07, 6.45) is 0. The van der Waals surface area contributed by atoms with Gasteiger partial charge in [-0.1, -0.05) is 18.2 Å². The van der Waals surface area contributed by atoms with Gasteiger partial charge in [0.05, 0.1) is 11.9 Å². The molecule has 1 aromatic carbocycles. The summed E-state index contributed by atoms with van der Waals surface area (Å²) in [6, 6.07) is 9.70. The number of amides is 1. The zero-order valence-electron chi connectivity index (χ0n) is 12.2. The maximum absolute atomic E-state index is 12.1. The number of hydrogen-bond acceptors (Lipinski definition) is 6. The predicted molar refractivity (Wildman–Crippen MR) is 88.5 cm³/mol. The van der Waals surface area contributed by atoms with E-state index < -0.39 is 5.97 Å². The van der Waals surface area contributed by atoms with Crippen LogP contribution in [0.3, 0.4) is 0 Å². The van der Waals surface area contributed by atoms with Crippen LogP contribution in [0.5, 0.6) is 0 Å². The van der Waals surface area contributed by atoms with Crippen LogP contribution < -0.4 is 5.32 Å². The summed E-state index contributed by atoms with van der Waals surface area (Å²) < 4.78 is 4.86. The highest BCUT2D eigenvalue weighted by atomic mass is 32.2. The number of benzene rings is 1. The van der Waals surface area contributed by atoms with E-state index in [-0.39, 0.29) is 16.9 Å². The maximum atomic E-state index is 12.1. The van der Waals surface area contributed by atoms with Crippen molar-refractivity contribution in [2.45, 2.75) is 24.0 Å². The van der Waals surface area contributed by atoms with Crippen molar-refractivity contribution in [2.24, 2.45) is 0 Å². The summed E-state index contributed by atoms with van der Waals surface area (Å²) in [5, 5.41) is 4.42. The van der Waals surface area contributed by atoms with E-state index in [0.29, 0.717) is 11.7 Å². The van der Waals surface area contributed by atoms with Crippen LogP contribution in [0, 0.1) is 0 Å². The number of aromatic nitrogens is 1. The Morgan fingerprint density at radius 1 is 1.36 bits per heavy atom. The summed E-state index contributed by atoms with van der Waals surface area (Å²) in [5.41, 5.74) is 0.213. The molecule has 7 heteroatoms. The SMILES string of the molecule is CCOC(=O)c1csc(NC(=O)C(C)Sc2ccccc2)n1. The third kappa shape index (κ3) is 4.57. The fourth-order valence-corrected chi connectivity index (χ4v) is 3.16. The van der Waals surface area contributed by atoms with Gasteiger partial charge < -0.3 is 10.1 Å². The second-order valence-corrected chi connectivity index (χ2v) is 6.59. The van der Waals surface area contributed by atoms with Crippen molar-refractivity contribution < 1.29 is 14.3 Å². The number of esters is 1. The molecule has 0 bridgehead atoms. The van der Waals surface area contributed by atoms with Crippen LogP contribution >= 0.6 is 23.1 Å². The zero-order chi connectivity index (χ0) is 15.9. The zero-order valence-corrected chi connectivity index (χ0v) is 13.9. The Kier molecular flexibility index (Phi) is 5.97. The summed E-state index contributed by atoms with van der Waals surface area (Å²) >= 11 is 2.67. The molecule has 1 atom stereocenters. The minimum absolute atomic E-state index is 0.154. The topological polar surface area (TPSA) is 68.3 Å². The molecule has 0 aliphatic rings. The van der Waals surface area contributed by atoms with Gasteiger partial charge in [-0.2, -0.15) is 0 Å². The molecule has 0 radical (unpaired) electrons. The molecule has 2 rings (SSSR count). The third-order valence-corrected chi connectivity index (χ3v) is 4.51. The first-order valence-corrected chi connectivity index (χ1v) is 8.51. The van der Waals surface area contributed by atoms with E-state index in [4.69, 9.17) is 4.74 Å². The van der Waals surface area contributed by atoms with Crippen LogP contribution in [0.2, 0.25) is 0 Å². The van der Waals surface area contributed by atoms with E-state index in [1.165, 1.54) is 23.1 Å². The van der Waals surface area contributed by atoms with Crippen molar-refractivity contribution in [3.63, 3.8) is 0 Å². The highest BCUT2D eigenvalue weighted by molar-refractivity contribution is 8.00. The molecule has 5 nitrogen and oxygen atoms in total. The predicted octanol–water partition coefficient (Wildman–Crippen LogP) is 3.44. The molecule has 1 aromatic heterocycles. The third-order valence-electron chi connectivity index (χ3n) is 2.64. The highest BCUT2D eigenvalue weighted by Crippen LogP contribution is 2.24. The standard InChI is InChI=1S/C15H16N2O3S2/c1-3-20-14(19)12-9-21-15(16-12)17-13(18)10(2)22-11-7-5-4-6-8-11/h4-10H,3H2,1-2H3,(H,16,17,18). The molecular formula is C15H16N2O3S2. The first kappa shape index (κ1) is 16.5. The van der Waals surface area contributed by atoms with Crippen molar-refractivity contribution in [3.8, 4) is 0 Å². The lowest BCUT2D eigenvalue weighted by atomic mass is 10.4. The Bertz CT molecular complexity index is 643. The summed E-state index contributed by atoms with van der Waals surface area (Å²) in [7, 11) is 0. The number of hydrogen-bond donors (Lipinski definition) is 1. The van der Waals surface area contributed by atoms with Crippen molar-refractivity contribution in [3.05, 3.63) is 41.4 Å². The number of ether oxygens (including phenoxy) is 1. The van der Waals surface area contributed by atoms with Gasteiger partial charge in [0.2, 0.25) is 5.91 Å². The highest BCUT2D eigenvalue weighted by Gasteiger charge is 2.17. The minimum atomic E-state index is -0.481. The van der Waals surface area contributed by atoms with Crippen molar-refractivity contribution in [2.75, 3.05) is 11.9 Å². The molecule has 0 saturated heterocycles. The molecule has 0 aliphatic heterocycles. The van der Waals surface area contributed by atoms with Crippen LogP contribution in [0.15, 0.2) is 40.6 Å². The van der Waals surface area contributed by atoms with Crippen LogP contribution in [-0.4, -0.2) is 28.7 Å². The number of carbonyl (C=O) groups excluding carboxylic acids is 2. The smallest absolute Gasteiger partial charge is 0.357 e. The fraction of sp³-hybridized carbons (Fsp3) is 0.267. The maximum Gasteiger partial charge on any atom is 0.357 e. The number of anilines is 1. The van der Waals surface area contributed by atoms with E-state index in [0.717, 1.165) is 4.90 Å². The average molecular weight is 336 g/mol. The van der Waals surface area contributed by atoms with Crippen molar-refractivity contribution in [1.29, 1.82) is 0 Å². The number of nitrogens with one attached hydrogen (secondary N) is 1. The lowest BCUT2D eigenvalue weighted by Gasteiger charge is -2.10. The Balaban J connectivity index is 1.92. The van der Waals surface area contributed by atoms with E-state index in [2.05, 4.69) is 10.3 Å². The normalized spacial score (nSPS) is 11.7.